The summed E-state index contributed by atoms with van der Waals surface area (Å²) >= 11 is 0. The Kier molecular flexibility index (Phi) is 9.92. The maximum atomic E-state index is 3.82. The van der Waals surface area contributed by atoms with Crippen LogP contribution in [0.5, 0.6) is 0 Å². The molecule has 8 saturated carbocycles. The molecule has 12 aliphatic rings. The lowest BCUT2D eigenvalue weighted by molar-refractivity contribution is -0.610. The van der Waals surface area contributed by atoms with Crippen LogP contribution in [0.15, 0.2) is 0 Å². The lowest BCUT2D eigenvalue weighted by Crippen LogP contribution is -2.76. The highest BCUT2D eigenvalue weighted by molar-refractivity contribution is 7.59. The quantitative estimate of drug-likeness (QED) is 0.220. The summed E-state index contributed by atoms with van der Waals surface area (Å²) in [6.45, 7) is 39.2. The number of rotatable bonds is 8. The third kappa shape index (κ3) is 5.84. The third-order valence-electron chi connectivity index (χ3n) is 21.2. The molecule has 0 aromatic carbocycles. The molecule has 2 nitrogen and oxygen atoms in total. The summed E-state index contributed by atoms with van der Waals surface area (Å²) in [5.74, 6) is 9.85. The molecule has 0 atom stereocenters. The molecule has 1 radical (unpaired) electrons. The predicted octanol–water partition coefficient (Wildman–Crippen LogP) is 12.6. The average Bonchev–Trinajstić information content (AvgIpc) is 3.67. The molecule has 0 amide bonds. The first-order chi connectivity index (χ1) is 26.1. The van der Waals surface area contributed by atoms with E-state index in [1.807, 2.05) is 0 Å². The largest absolute Gasteiger partial charge is 0.321 e. The third-order valence-corrected chi connectivity index (χ3v) is 77.0. The van der Waals surface area contributed by atoms with Crippen LogP contribution in [-0.4, -0.2) is 95.0 Å². The topological polar surface area (TPSA) is 6.25 Å². The van der Waals surface area contributed by atoms with Crippen LogP contribution in [0.4, 0.5) is 0 Å². The maximum Gasteiger partial charge on any atom is 0.285 e. The van der Waals surface area contributed by atoms with Crippen molar-refractivity contribution in [2.75, 3.05) is 13.1 Å². The second-order valence-corrected chi connectivity index (χ2v) is 65.6. The van der Waals surface area contributed by atoms with E-state index in [0.717, 1.165) is 55.7 Å². The summed E-state index contributed by atoms with van der Waals surface area (Å²) < 4.78 is 9.16. The highest BCUT2D eigenvalue weighted by Crippen LogP contribution is 2.66. The molecule has 12 rings (SSSR count). The van der Waals surface area contributed by atoms with Gasteiger partial charge in [0.2, 0.25) is 0 Å². The lowest BCUT2D eigenvalue weighted by Gasteiger charge is -2.65. The molecule has 4 aliphatic heterocycles. The molecular formula is C46H88BN2Si7. The number of hydrogen-bond donors (Lipinski definition) is 0. The molecule has 313 valence electrons. The van der Waals surface area contributed by atoms with Gasteiger partial charge in [0.25, 0.3) is 8.11 Å². The van der Waals surface area contributed by atoms with Crippen molar-refractivity contribution in [2.45, 2.75) is 238 Å². The highest BCUT2D eigenvalue weighted by Gasteiger charge is 2.72. The zero-order chi connectivity index (χ0) is 39.6. The van der Waals surface area contributed by atoms with E-state index < -0.39 is 56.2 Å². The Morgan fingerprint density at radius 2 is 0.929 bits per heavy atom. The molecule has 8 aliphatic carbocycles. The summed E-state index contributed by atoms with van der Waals surface area (Å²) in [6, 6.07) is 0. The molecule has 10 heteroatoms. The molecule has 3 saturated heterocycles. The van der Waals surface area contributed by atoms with Crippen molar-refractivity contribution >= 4 is 62.1 Å². The van der Waals surface area contributed by atoms with Gasteiger partial charge in [-0.1, -0.05) is 117 Å². The van der Waals surface area contributed by atoms with Crippen molar-refractivity contribution in [2.24, 2.45) is 35.5 Å². The Hall–Kier alpha value is 1.34. The fourth-order valence-corrected chi connectivity index (χ4v) is 107. The van der Waals surface area contributed by atoms with Crippen LogP contribution in [0.3, 0.4) is 0 Å². The van der Waals surface area contributed by atoms with Gasteiger partial charge in [0.15, 0.2) is 0 Å². The van der Waals surface area contributed by atoms with Crippen LogP contribution in [0.1, 0.15) is 128 Å². The summed E-state index contributed by atoms with van der Waals surface area (Å²) in [5.41, 5.74) is 1.22. The Balaban J connectivity index is 1.33. The summed E-state index contributed by atoms with van der Waals surface area (Å²) in [5, 5.41) is 0. The smallest absolute Gasteiger partial charge is 0.285 e. The molecule has 0 aromatic heterocycles. The van der Waals surface area contributed by atoms with Gasteiger partial charge in [0.1, 0.15) is 20.6 Å². The first kappa shape index (κ1) is 41.4. The van der Waals surface area contributed by atoms with E-state index in [-0.39, 0.29) is 0 Å². The van der Waals surface area contributed by atoms with Crippen molar-refractivity contribution in [1.82, 2.24) is 4.57 Å². The molecule has 0 N–H and O–H groups in total. The Labute approximate surface area is 355 Å². The van der Waals surface area contributed by atoms with E-state index in [9.17, 15) is 0 Å². The van der Waals surface area contributed by atoms with E-state index in [0.29, 0.717) is 11.1 Å². The van der Waals surface area contributed by atoms with Crippen molar-refractivity contribution in [1.29, 1.82) is 0 Å². The predicted molar refractivity (Wildman–Crippen MR) is 260 cm³/mol. The Bertz CT molecular complexity index is 1550. The molecule has 4 heterocycles. The Morgan fingerprint density at radius 1 is 0.536 bits per heavy atom. The molecule has 0 unspecified atom stereocenters. The van der Waals surface area contributed by atoms with Crippen molar-refractivity contribution in [3.05, 3.63) is 0 Å². The SMILES string of the molecule is C[Si](C)(C)C1([Si](C)(C)C)CCN(C23CC4CC(CC(C4)C2)C3)[Si]1[Si](=[B-]1C2CCCC1CCC2)[Si]1=[N+](C23CC4CC(CC(C4)C2)C3)CCC1([Si](C)(C)C)[Si](C)(C)C. The summed E-state index contributed by atoms with van der Waals surface area (Å²) in [6.07, 6.45) is 32.6. The minimum atomic E-state index is -1.56. The molecule has 10 bridgehead atoms. The van der Waals surface area contributed by atoms with Gasteiger partial charge in [-0.05, 0) is 111 Å². The minimum absolute atomic E-state index is 0.608. The van der Waals surface area contributed by atoms with Crippen LogP contribution in [0.2, 0.25) is 98.8 Å². The molecule has 11 fully saturated rings. The Morgan fingerprint density at radius 3 is 1.32 bits per heavy atom. The zero-order valence-electron chi connectivity index (χ0n) is 39.1. The van der Waals surface area contributed by atoms with E-state index in [1.54, 1.807) is 142 Å². The van der Waals surface area contributed by atoms with Crippen molar-refractivity contribution < 1.29 is 4.22 Å². The number of nitrogens with zero attached hydrogens (tertiary/aromatic N) is 2. The van der Waals surface area contributed by atoms with E-state index in [4.69, 9.17) is 0 Å². The van der Waals surface area contributed by atoms with E-state index >= 15 is 0 Å². The molecular weight excluding hydrogens is 788 g/mol. The van der Waals surface area contributed by atoms with Crippen LogP contribution in [-0.2, 0) is 0 Å². The van der Waals surface area contributed by atoms with Gasteiger partial charge in [-0.15, -0.1) is 13.2 Å². The monoisotopic (exact) mass is 876 g/mol. The zero-order valence-corrected chi connectivity index (χ0v) is 46.1. The van der Waals surface area contributed by atoms with Gasteiger partial charge < -0.3 is 8.78 Å². The minimum Gasteiger partial charge on any atom is -0.321 e. The van der Waals surface area contributed by atoms with Gasteiger partial charge in [0, 0.05) is 51.7 Å². The first-order valence-electron chi connectivity index (χ1n) is 25.3. The highest BCUT2D eigenvalue weighted by atomic mass is 29.6. The van der Waals surface area contributed by atoms with Gasteiger partial charge in [-0.25, -0.2) is 0 Å². The van der Waals surface area contributed by atoms with Crippen LogP contribution in [0.25, 0.3) is 0 Å². The van der Waals surface area contributed by atoms with E-state index in [1.165, 1.54) is 5.92 Å². The normalized spacial score (nSPS) is 43.4. The van der Waals surface area contributed by atoms with E-state index in [2.05, 4.69) is 87.3 Å². The number of fused-ring (bicyclic) bond motifs is 2. The fourth-order valence-electron chi connectivity index (χ4n) is 20.7. The lowest BCUT2D eigenvalue weighted by atomic mass is 9.43. The first-order valence-corrected chi connectivity index (χ1v) is 45.8. The van der Waals surface area contributed by atoms with Gasteiger partial charge in [-0.2, -0.15) is 11.6 Å². The van der Waals surface area contributed by atoms with Crippen molar-refractivity contribution in [3.63, 3.8) is 0 Å². The van der Waals surface area contributed by atoms with Crippen molar-refractivity contribution in [3.8, 4) is 0 Å². The molecule has 0 spiro atoms. The molecule has 56 heavy (non-hydrogen) atoms. The van der Waals surface area contributed by atoms with Gasteiger partial charge >= 0.3 is 0 Å². The number of hydrogen-bond acceptors (Lipinski definition) is 1. The second-order valence-electron chi connectivity index (χ2n) is 27.9. The van der Waals surface area contributed by atoms with Crippen LogP contribution in [0, 0.1) is 35.5 Å². The maximum absolute atomic E-state index is 3.82. The molecule has 0 aromatic rings. The second kappa shape index (κ2) is 13.4. The summed E-state index contributed by atoms with van der Waals surface area (Å²) in [7, 11) is -8.47. The fraction of sp³-hybridized carbons (Fsp3) is 1.00. The standard InChI is InChI=1S/C46H88BN2Si7/c1-53(2,3)45(54(4,5)6)19-21-48(43-29-35-23-36(30-43)25-37(24-35)31-43)50(45)52(47-41-15-13-16-42(47)18-14-17-41)51-46(55(7,8)9,56(10,11)12)20-22-49(51)44-32-38-26-39(33-44)28-40(27-38)34-44/h35-42H,13-34H2,1-12H3. The van der Waals surface area contributed by atoms with Gasteiger partial charge in [0.05, 0.1) is 16.1 Å². The van der Waals surface area contributed by atoms with Crippen LogP contribution < -0.4 is 0 Å². The van der Waals surface area contributed by atoms with Gasteiger partial charge in [-0.3, -0.25) is 0 Å². The summed E-state index contributed by atoms with van der Waals surface area (Å²) in [4.78, 5) is 0. The average molecular weight is 877 g/mol. The van der Waals surface area contributed by atoms with Crippen LogP contribution >= 0.6 is 0 Å².